The van der Waals surface area contributed by atoms with Crippen molar-refractivity contribution < 1.29 is 9.18 Å². The van der Waals surface area contributed by atoms with Crippen LogP contribution in [0, 0.1) is 5.82 Å². The molecule has 1 aliphatic rings. The lowest BCUT2D eigenvalue weighted by molar-refractivity contribution is -0.133. The number of piperidine rings is 1. The monoisotopic (exact) mass is 342 g/mol. The molecule has 2 rings (SSSR count). The SMILES string of the molecule is CC(NCc1cccc(F)c1Br)C(=O)N1CCCCC1. The number of nitrogens with zero attached hydrogens (tertiary/aromatic N) is 1. The number of rotatable bonds is 4. The summed E-state index contributed by atoms with van der Waals surface area (Å²) in [6.07, 6.45) is 3.39. The van der Waals surface area contributed by atoms with E-state index >= 15 is 0 Å². The first kappa shape index (κ1) is 15.4. The molecule has 1 atom stereocenters. The van der Waals surface area contributed by atoms with Crippen LogP contribution in [0.5, 0.6) is 0 Å². The molecule has 0 saturated carbocycles. The Morgan fingerprint density at radius 1 is 1.40 bits per heavy atom. The van der Waals surface area contributed by atoms with Crippen LogP contribution in [0.25, 0.3) is 0 Å². The maximum Gasteiger partial charge on any atom is 0.239 e. The number of amides is 1. The number of nitrogens with one attached hydrogen (secondary N) is 1. The van der Waals surface area contributed by atoms with Crippen LogP contribution in [0.15, 0.2) is 22.7 Å². The number of likely N-dealkylation sites (tertiary alicyclic amines) is 1. The van der Waals surface area contributed by atoms with Crippen LogP contribution in [0.1, 0.15) is 31.7 Å². The third-order valence-electron chi connectivity index (χ3n) is 3.67. The smallest absolute Gasteiger partial charge is 0.239 e. The molecule has 0 aromatic heterocycles. The topological polar surface area (TPSA) is 32.3 Å². The average Bonchev–Trinajstić information content (AvgIpc) is 2.48. The minimum absolute atomic E-state index is 0.136. The molecule has 1 aliphatic heterocycles. The van der Waals surface area contributed by atoms with Crippen molar-refractivity contribution in [2.24, 2.45) is 0 Å². The molecule has 5 heteroatoms. The van der Waals surface area contributed by atoms with Crippen LogP contribution in [0.3, 0.4) is 0 Å². The average molecular weight is 343 g/mol. The summed E-state index contributed by atoms with van der Waals surface area (Å²) in [6, 6.07) is 4.69. The van der Waals surface area contributed by atoms with Gasteiger partial charge in [-0.2, -0.15) is 0 Å². The Labute approximate surface area is 127 Å². The molecule has 20 heavy (non-hydrogen) atoms. The second kappa shape index (κ2) is 7.18. The van der Waals surface area contributed by atoms with Gasteiger partial charge in [-0.05, 0) is 53.7 Å². The molecular weight excluding hydrogens is 323 g/mol. The van der Waals surface area contributed by atoms with E-state index in [2.05, 4.69) is 21.2 Å². The Morgan fingerprint density at radius 3 is 2.80 bits per heavy atom. The predicted octanol–water partition coefficient (Wildman–Crippen LogP) is 3.08. The summed E-state index contributed by atoms with van der Waals surface area (Å²) in [5, 5.41) is 3.18. The normalized spacial score (nSPS) is 17.1. The molecule has 1 unspecified atom stereocenters. The van der Waals surface area contributed by atoms with E-state index in [9.17, 15) is 9.18 Å². The van der Waals surface area contributed by atoms with E-state index in [-0.39, 0.29) is 17.8 Å². The van der Waals surface area contributed by atoms with Gasteiger partial charge in [0.1, 0.15) is 5.82 Å². The molecule has 1 N–H and O–H groups in total. The van der Waals surface area contributed by atoms with Crippen LogP contribution in [-0.2, 0) is 11.3 Å². The molecule has 0 bridgehead atoms. The zero-order valence-electron chi connectivity index (χ0n) is 11.7. The van der Waals surface area contributed by atoms with E-state index in [0.29, 0.717) is 11.0 Å². The van der Waals surface area contributed by atoms with Gasteiger partial charge in [0.2, 0.25) is 5.91 Å². The lowest BCUT2D eigenvalue weighted by Gasteiger charge is -2.29. The first-order chi connectivity index (χ1) is 9.59. The molecule has 1 heterocycles. The Hall–Kier alpha value is -0.940. The fraction of sp³-hybridized carbons (Fsp3) is 0.533. The van der Waals surface area contributed by atoms with Crippen molar-refractivity contribution in [2.75, 3.05) is 13.1 Å². The van der Waals surface area contributed by atoms with E-state index < -0.39 is 0 Å². The second-order valence-corrected chi connectivity index (χ2v) is 5.99. The largest absolute Gasteiger partial charge is 0.341 e. The quantitative estimate of drug-likeness (QED) is 0.911. The highest BCUT2D eigenvalue weighted by Crippen LogP contribution is 2.20. The number of carbonyl (C=O) groups is 1. The lowest BCUT2D eigenvalue weighted by atomic mass is 10.1. The van der Waals surface area contributed by atoms with Crippen molar-refractivity contribution in [1.82, 2.24) is 10.2 Å². The van der Waals surface area contributed by atoms with Gasteiger partial charge in [-0.3, -0.25) is 4.79 Å². The van der Waals surface area contributed by atoms with Gasteiger partial charge in [0.25, 0.3) is 0 Å². The summed E-state index contributed by atoms with van der Waals surface area (Å²) in [4.78, 5) is 14.2. The first-order valence-corrected chi connectivity index (χ1v) is 7.84. The molecule has 1 aromatic rings. The highest BCUT2D eigenvalue weighted by Gasteiger charge is 2.21. The van der Waals surface area contributed by atoms with Gasteiger partial charge in [-0.25, -0.2) is 4.39 Å². The zero-order chi connectivity index (χ0) is 14.5. The van der Waals surface area contributed by atoms with E-state index in [1.54, 1.807) is 6.07 Å². The molecule has 3 nitrogen and oxygen atoms in total. The van der Waals surface area contributed by atoms with Crippen molar-refractivity contribution in [1.29, 1.82) is 0 Å². The molecule has 0 spiro atoms. The molecule has 1 amide bonds. The maximum atomic E-state index is 13.4. The van der Waals surface area contributed by atoms with Gasteiger partial charge < -0.3 is 10.2 Å². The van der Waals surface area contributed by atoms with Crippen molar-refractivity contribution in [3.05, 3.63) is 34.1 Å². The molecule has 0 aliphatic carbocycles. The zero-order valence-corrected chi connectivity index (χ0v) is 13.2. The highest BCUT2D eigenvalue weighted by molar-refractivity contribution is 9.10. The number of halogens is 2. The summed E-state index contributed by atoms with van der Waals surface area (Å²) in [5.74, 6) is -0.142. The molecule has 0 radical (unpaired) electrons. The minimum Gasteiger partial charge on any atom is -0.341 e. The van der Waals surface area contributed by atoms with Crippen LogP contribution in [-0.4, -0.2) is 29.9 Å². The van der Waals surface area contributed by atoms with E-state index in [1.165, 1.54) is 12.5 Å². The number of hydrogen-bond donors (Lipinski definition) is 1. The van der Waals surface area contributed by atoms with E-state index in [1.807, 2.05) is 17.9 Å². The molecule has 110 valence electrons. The van der Waals surface area contributed by atoms with Crippen LogP contribution in [0.2, 0.25) is 0 Å². The predicted molar refractivity (Wildman–Crippen MR) is 80.8 cm³/mol. The van der Waals surface area contributed by atoms with Gasteiger partial charge in [0.15, 0.2) is 0 Å². The Bertz CT molecular complexity index is 475. The second-order valence-electron chi connectivity index (χ2n) is 5.20. The van der Waals surface area contributed by atoms with Gasteiger partial charge in [-0.1, -0.05) is 12.1 Å². The first-order valence-electron chi connectivity index (χ1n) is 7.04. The molecule has 1 fully saturated rings. The molecule has 1 saturated heterocycles. The Balaban J connectivity index is 1.89. The van der Waals surface area contributed by atoms with Crippen LogP contribution in [0.4, 0.5) is 4.39 Å². The number of carbonyl (C=O) groups excluding carboxylic acids is 1. The summed E-state index contributed by atoms with van der Waals surface area (Å²) < 4.78 is 13.9. The van der Waals surface area contributed by atoms with Crippen LogP contribution < -0.4 is 5.32 Å². The Kier molecular flexibility index (Phi) is 5.54. The van der Waals surface area contributed by atoms with Crippen molar-refractivity contribution in [3.8, 4) is 0 Å². The Morgan fingerprint density at radius 2 is 2.10 bits per heavy atom. The number of benzene rings is 1. The summed E-state index contributed by atoms with van der Waals surface area (Å²) >= 11 is 3.23. The standard InChI is InChI=1S/C15H20BrFN2O/c1-11(15(20)19-8-3-2-4-9-19)18-10-12-6-5-7-13(17)14(12)16/h5-7,11,18H,2-4,8-10H2,1H3. The third-order valence-corrected chi connectivity index (χ3v) is 4.56. The minimum atomic E-state index is -0.278. The fourth-order valence-electron chi connectivity index (χ4n) is 2.42. The fourth-order valence-corrected chi connectivity index (χ4v) is 2.83. The van der Waals surface area contributed by atoms with Gasteiger partial charge in [-0.15, -0.1) is 0 Å². The van der Waals surface area contributed by atoms with E-state index in [4.69, 9.17) is 0 Å². The molecule has 1 aromatic carbocycles. The van der Waals surface area contributed by atoms with Crippen molar-refractivity contribution in [3.63, 3.8) is 0 Å². The van der Waals surface area contributed by atoms with Crippen LogP contribution >= 0.6 is 15.9 Å². The van der Waals surface area contributed by atoms with Gasteiger partial charge in [0, 0.05) is 19.6 Å². The maximum absolute atomic E-state index is 13.4. The number of hydrogen-bond acceptors (Lipinski definition) is 2. The third kappa shape index (κ3) is 3.79. The molecular formula is C15H20BrFN2O. The summed E-state index contributed by atoms with van der Waals surface area (Å²) in [7, 11) is 0. The highest BCUT2D eigenvalue weighted by atomic mass is 79.9. The van der Waals surface area contributed by atoms with Crippen molar-refractivity contribution >= 4 is 21.8 Å². The summed E-state index contributed by atoms with van der Waals surface area (Å²) in [6.45, 7) is 4.05. The van der Waals surface area contributed by atoms with Gasteiger partial charge in [0.05, 0.1) is 10.5 Å². The van der Waals surface area contributed by atoms with Gasteiger partial charge >= 0.3 is 0 Å². The lowest BCUT2D eigenvalue weighted by Crippen LogP contribution is -2.46. The van der Waals surface area contributed by atoms with E-state index in [0.717, 1.165) is 31.5 Å². The van der Waals surface area contributed by atoms with Crippen molar-refractivity contribution in [2.45, 2.75) is 38.8 Å². The summed E-state index contributed by atoms with van der Waals surface area (Å²) in [5.41, 5.74) is 0.822.